The van der Waals surface area contributed by atoms with Gasteiger partial charge in [0.25, 0.3) is 11.7 Å². The lowest BCUT2D eigenvalue weighted by Crippen LogP contribution is -2.60. The maximum absolute atomic E-state index is 14.3. The first-order chi connectivity index (χ1) is 30.2. The number of methoxy groups -OCH3 is 2. The van der Waals surface area contributed by atoms with Crippen LogP contribution in [-0.4, -0.2) is 124 Å². The SMILES string of the molecule is COC1C(=O)[C@H](C)C[C@H](C)/C=C/C=C/C=C(\C)C(=O)C[C@@H]2CC[C@@H](C)[C@@](O)(O2)C(=O)C(=O)N2CCCC[C@H]2C(=O)O[C@H]([C@H](C)C[C@@H]2CC[C@@H](O)[C@H](OC)C2)CC(=O)[C@H](C)/C=C(\C)[C@H]1O. The van der Waals surface area contributed by atoms with Crippen molar-refractivity contribution in [2.24, 2.45) is 35.5 Å². The summed E-state index contributed by atoms with van der Waals surface area (Å²) in [6.45, 7) is 12.3. The fraction of sp³-hybridized carbons (Fsp3) is 0.720. The fourth-order valence-corrected chi connectivity index (χ4v) is 9.73. The Morgan fingerprint density at radius 3 is 2.28 bits per heavy atom. The van der Waals surface area contributed by atoms with E-state index in [1.54, 1.807) is 66.0 Å². The van der Waals surface area contributed by atoms with Gasteiger partial charge in [0, 0.05) is 51.4 Å². The third-order valence-electron chi connectivity index (χ3n) is 14.0. The van der Waals surface area contributed by atoms with Crippen LogP contribution >= 0.6 is 0 Å². The highest BCUT2D eigenvalue weighted by atomic mass is 16.6. The van der Waals surface area contributed by atoms with Gasteiger partial charge in [0.05, 0.1) is 18.3 Å². The number of aliphatic hydroxyl groups is 3. The number of ether oxygens (including phenoxy) is 4. The number of rotatable bonds is 5. The summed E-state index contributed by atoms with van der Waals surface area (Å²) in [7, 11) is 2.92. The van der Waals surface area contributed by atoms with Gasteiger partial charge in [-0.3, -0.25) is 24.0 Å². The number of hydrogen-bond acceptors (Lipinski definition) is 13. The van der Waals surface area contributed by atoms with Crippen LogP contribution in [0.2, 0.25) is 0 Å². The second-order valence-corrected chi connectivity index (χ2v) is 19.2. The zero-order valence-electron chi connectivity index (χ0n) is 39.5. The van der Waals surface area contributed by atoms with Crippen molar-refractivity contribution < 1.29 is 63.0 Å². The number of allylic oxidation sites excluding steroid dienone is 7. The van der Waals surface area contributed by atoms with Crippen LogP contribution in [0, 0.1) is 35.5 Å². The van der Waals surface area contributed by atoms with Gasteiger partial charge in [0.2, 0.25) is 5.79 Å². The summed E-state index contributed by atoms with van der Waals surface area (Å²) in [6.07, 6.45) is 9.74. The van der Waals surface area contributed by atoms with E-state index in [1.165, 1.54) is 7.11 Å². The number of nitrogens with zero attached hydrogens (tertiary/aromatic N) is 1. The van der Waals surface area contributed by atoms with E-state index in [0.29, 0.717) is 68.9 Å². The number of amides is 1. The Kier molecular flexibility index (Phi) is 20.0. The molecule has 4 aliphatic rings. The smallest absolute Gasteiger partial charge is 0.329 e. The van der Waals surface area contributed by atoms with Crippen molar-refractivity contribution in [1.82, 2.24) is 4.90 Å². The highest BCUT2D eigenvalue weighted by Gasteiger charge is 2.53. The second kappa shape index (κ2) is 24.2. The van der Waals surface area contributed by atoms with E-state index in [0.717, 1.165) is 4.90 Å². The van der Waals surface area contributed by atoms with E-state index >= 15 is 0 Å². The van der Waals surface area contributed by atoms with Crippen molar-refractivity contribution >= 4 is 35.0 Å². The van der Waals surface area contributed by atoms with Gasteiger partial charge in [-0.1, -0.05) is 71.1 Å². The molecular formula is C50H75NO13. The first kappa shape index (κ1) is 53.0. The maximum atomic E-state index is 14.3. The van der Waals surface area contributed by atoms with Crippen molar-refractivity contribution in [1.29, 1.82) is 0 Å². The minimum absolute atomic E-state index is 0.0224. The molecule has 1 saturated carbocycles. The molecule has 1 aliphatic carbocycles. The minimum Gasteiger partial charge on any atom is -0.460 e. The molecule has 3 aliphatic heterocycles. The van der Waals surface area contributed by atoms with Crippen LogP contribution in [0.1, 0.15) is 126 Å². The molecule has 0 spiro atoms. The summed E-state index contributed by atoms with van der Waals surface area (Å²) < 4.78 is 23.3. The molecule has 0 radical (unpaired) electrons. The molecule has 14 atom stereocenters. The lowest BCUT2D eigenvalue weighted by molar-refractivity contribution is -0.262. The number of piperidine rings is 1. The molecule has 1 unspecified atom stereocenters. The summed E-state index contributed by atoms with van der Waals surface area (Å²) in [6, 6.07) is -1.17. The van der Waals surface area contributed by atoms with Crippen molar-refractivity contribution in [3.63, 3.8) is 0 Å². The fourth-order valence-electron chi connectivity index (χ4n) is 9.73. The van der Waals surface area contributed by atoms with E-state index in [1.807, 2.05) is 26.0 Å². The zero-order chi connectivity index (χ0) is 47.5. The van der Waals surface area contributed by atoms with Gasteiger partial charge in [-0.05, 0) is 107 Å². The Bertz CT molecular complexity index is 1780. The summed E-state index contributed by atoms with van der Waals surface area (Å²) >= 11 is 0. The number of cyclic esters (lactones) is 1. The molecule has 2 bridgehead atoms. The molecule has 14 nitrogen and oxygen atoms in total. The van der Waals surface area contributed by atoms with Gasteiger partial charge in [-0.15, -0.1) is 0 Å². The molecule has 0 aromatic heterocycles. The third kappa shape index (κ3) is 13.7. The van der Waals surface area contributed by atoms with E-state index in [9.17, 15) is 44.1 Å². The monoisotopic (exact) mass is 898 g/mol. The van der Waals surface area contributed by atoms with Crippen molar-refractivity contribution in [2.45, 2.75) is 174 Å². The Morgan fingerprint density at radius 1 is 0.875 bits per heavy atom. The number of carbonyl (C=O) groups is 6. The van der Waals surface area contributed by atoms with E-state index in [-0.39, 0.29) is 67.0 Å². The zero-order valence-corrected chi connectivity index (χ0v) is 39.5. The van der Waals surface area contributed by atoms with Crippen molar-refractivity contribution in [2.75, 3.05) is 20.8 Å². The van der Waals surface area contributed by atoms with Crippen LogP contribution in [0.5, 0.6) is 0 Å². The average molecular weight is 898 g/mol. The van der Waals surface area contributed by atoms with Gasteiger partial charge in [0.1, 0.15) is 30.1 Å². The summed E-state index contributed by atoms with van der Waals surface area (Å²) in [5.74, 6) is -8.70. The minimum atomic E-state index is -2.52. The standard InChI is InChI=1S/C50H75NO13/c1-29-15-11-10-12-16-30(2)40(53)27-37-20-18-35(7)50(60,64-37)47(57)48(58)51-22-14-13-17-38(51)49(59)63-42(32(4)25-36-19-21-39(52)43(26-36)61-8)28-41(54)31(3)24-34(6)45(56)46(62-9)44(55)33(5)23-29/h10-12,15-16,24,29,31-33,35-39,42-43,45-46,52,56,60H,13-14,17-23,25-28H2,1-9H3/b12-10+,15-11+,30-16+,34-24+/t29-,31-,32-,33-,35-,36+,37+,38+,39-,42+,43-,45-,46?,50-/m1/s1. The third-order valence-corrected chi connectivity index (χ3v) is 14.0. The summed E-state index contributed by atoms with van der Waals surface area (Å²) in [5.41, 5.74) is 0.799. The number of aliphatic hydroxyl groups excluding tert-OH is 2. The van der Waals surface area contributed by atoms with Crippen LogP contribution in [0.15, 0.2) is 47.6 Å². The Labute approximate surface area is 379 Å². The number of esters is 1. The molecule has 3 fully saturated rings. The normalized spacial score (nSPS) is 39.7. The maximum Gasteiger partial charge on any atom is 0.329 e. The van der Waals surface area contributed by atoms with Gasteiger partial charge in [0.15, 0.2) is 11.6 Å². The number of carbonyl (C=O) groups excluding carboxylic acids is 6. The lowest BCUT2D eigenvalue weighted by Gasteiger charge is -2.42. The summed E-state index contributed by atoms with van der Waals surface area (Å²) in [5, 5.41) is 33.6. The molecule has 0 aromatic rings. The molecule has 0 aromatic carbocycles. The molecule has 2 saturated heterocycles. The molecule has 4 rings (SSSR count). The Balaban J connectivity index is 1.69. The molecule has 14 heteroatoms. The number of hydrogen-bond donors (Lipinski definition) is 3. The second-order valence-electron chi connectivity index (χ2n) is 19.2. The Hall–Kier alpha value is -3.66. The van der Waals surface area contributed by atoms with Crippen LogP contribution < -0.4 is 0 Å². The number of fused-ring (bicyclic) bond motifs is 3. The quantitative estimate of drug-likeness (QED) is 0.172. The van der Waals surface area contributed by atoms with Gasteiger partial charge in [-0.2, -0.15) is 0 Å². The molecule has 1 amide bonds. The van der Waals surface area contributed by atoms with E-state index in [2.05, 4.69) is 0 Å². The van der Waals surface area contributed by atoms with Gasteiger partial charge in [-0.25, -0.2) is 4.79 Å². The highest BCUT2D eigenvalue weighted by molar-refractivity contribution is 6.39. The summed E-state index contributed by atoms with van der Waals surface area (Å²) in [4.78, 5) is 84.6. The lowest BCUT2D eigenvalue weighted by atomic mass is 9.78. The van der Waals surface area contributed by atoms with Crippen molar-refractivity contribution in [3.8, 4) is 0 Å². The van der Waals surface area contributed by atoms with Crippen LogP contribution in [-0.2, 0) is 47.7 Å². The van der Waals surface area contributed by atoms with Gasteiger partial charge >= 0.3 is 5.97 Å². The molecule has 3 N–H and O–H groups in total. The Morgan fingerprint density at radius 2 is 1.59 bits per heavy atom. The topological polar surface area (TPSA) is 203 Å². The predicted molar refractivity (Wildman–Crippen MR) is 239 cm³/mol. The predicted octanol–water partition coefficient (Wildman–Crippen LogP) is 5.73. The van der Waals surface area contributed by atoms with Crippen LogP contribution in [0.25, 0.3) is 0 Å². The number of ketones is 4. The van der Waals surface area contributed by atoms with E-state index < -0.39 is 77.8 Å². The van der Waals surface area contributed by atoms with E-state index in [4.69, 9.17) is 18.9 Å². The first-order valence-corrected chi connectivity index (χ1v) is 23.4. The van der Waals surface area contributed by atoms with Gasteiger partial charge < -0.3 is 39.2 Å². The largest absolute Gasteiger partial charge is 0.460 e. The number of Topliss-reactive ketones (excluding diaryl/α,β-unsaturated/α-hetero) is 4. The first-order valence-electron chi connectivity index (χ1n) is 23.4. The van der Waals surface area contributed by atoms with Crippen LogP contribution in [0.3, 0.4) is 0 Å². The average Bonchev–Trinajstić information content (AvgIpc) is 3.26. The highest BCUT2D eigenvalue weighted by Crippen LogP contribution is 2.37. The molecule has 3 heterocycles. The molecule has 64 heavy (non-hydrogen) atoms. The van der Waals surface area contributed by atoms with Crippen LogP contribution in [0.4, 0.5) is 0 Å². The molecule has 358 valence electrons. The molecular weight excluding hydrogens is 823 g/mol. The van der Waals surface area contributed by atoms with Crippen molar-refractivity contribution in [3.05, 3.63) is 47.6 Å².